The third kappa shape index (κ3) is 2.56. The Morgan fingerprint density at radius 3 is 2.65 bits per heavy atom. The number of hydrogen-bond donors (Lipinski definition) is 0. The van der Waals surface area contributed by atoms with Gasteiger partial charge in [0, 0.05) is 20.1 Å². The highest BCUT2D eigenvalue weighted by Crippen LogP contribution is 2.38. The van der Waals surface area contributed by atoms with Crippen molar-refractivity contribution in [3.05, 3.63) is 15.8 Å². The quantitative estimate of drug-likeness (QED) is 0.620. The number of piperidine rings is 1. The van der Waals surface area contributed by atoms with Crippen LogP contribution in [0.15, 0.2) is 0 Å². The minimum atomic E-state index is -4.28. The van der Waals surface area contributed by atoms with E-state index < -0.39 is 17.0 Å². The van der Waals surface area contributed by atoms with Crippen molar-refractivity contribution < 1.29 is 18.1 Å². The van der Waals surface area contributed by atoms with E-state index >= 15 is 0 Å². The third-order valence-corrected chi connectivity index (χ3v) is 3.53. The van der Waals surface area contributed by atoms with Crippen LogP contribution in [0.4, 0.5) is 24.7 Å². The fourth-order valence-corrected chi connectivity index (χ4v) is 2.64. The molecule has 0 aliphatic carbocycles. The minimum absolute atomic E-state index is 0.0601. The van der Waals surface area contributed by atoms with Crippen LogP contribution in [0, 0.1) is 23.0 Å². The highest BCUT2D eigenvalue weighted by atomic mass is 19.4. The number of anilines is 1. The molecule has 112 valence electrons. The van der Waals surface area contributed by atoms with Gasteiger partial charge in [-0.1, -0.05) is 0 Å². The predicted molar refractivity (Wildman–Crippen MR) is 65.6 cm³/mol. The van der Waals surface area contributed by atoms with Gasteiger partial charge in [-0.25, -0.2) is 4.68 Å². The molecule has 0 aromatic carbocycles. The summed E-state index contributed by atoms with van der Waals surface area (Å²) in [6, 6.07) is 0. The summed E-state index contributed by atoms with van der Waals surface area (Å²) < 4.78 is 39.7. The summed E-state index contributed by atoms with van der Waals surface area (Å²) in [6.07, 6.45) is -3.86. The Bertz CT molecular complexity index is 526. The van der Waals surface area contributed by atoms with E-state index in [1.807, 2.05) is 0 Å². The zero-order chi connectivity index (χ0) is 15.1. The second-order valence-corrected chi connectivity index (χ2v) is 4.97. The van der Waals surface area contributed by atoms with Crippen LogP contribution in [0.25, 0.3) is 0 Å². The number of alkyl halides is 3. The Morgan fingerprint density at radius 2 is 2.10 bits per heavy atom. The van der Waals surface area contributed by atoms with Gasteiger partial charge in [0.1, 0.15) is 5.69 Å². The fraction of sp³-hybridized carbons (Fsp3) is 0.727. The normalized spacial score (nSPS) is 20.2. The monoisotopic (exact) mass is 292 g/mol. The van der Waals surface area contributed by atoms with Crippen molar-refractivity contribution in [2.24, 2.45) is 13.0 Å². The number of nitrogens with zero attached hydrogens (tertiary/aromatic N) is 4. The molecule has 1 unspecified atom stereocenters. The van der Waals surface area contributed by atoms with Crippen molar-refractivity contribution >= 4 is 11.5 Å². The molecule has 6 nitrogen and oxygen atoms in total. The first-order chi connectivity index (χ1) is 9.21. The van der Waals surface area contributed by atoms with E-state index in [1.165, 1.54) is 23.6 Å². The lowest BCUT2D eigenvalue weighted by Crippen LogP contribution is -2.42. The molecule has 0 N–H and O–H groups in total. The lowest BCUT2D eigenvalue weighted by molar-refractivity contribution is -0.384. The molecule has 0 radical (unpaired) electrons. The number of hydrogen-bond acceptors (Lipinski definition) is 4. The van der Waals surface area contributed by atoms with Gasteiger partial charge in [0.15, 0.2) is 0 Å². The van der Waals surface area contributed by atoms with E-state index in [1.54, 1.807) is 0 Å². The predicted octanol–water partition coefficient (Wildman–Crippen LogP) is 2.42. The lowest BCUT2D eigenvalue weighted by Gasteiger charge is -2.34. The van der Waals surface area contributed by atoms with Crippen LogP contribution in [0.5, 0.6) is 0 Å². The lowest BCUT2D eigenvalue weighted by atomic mass is 9.97. The number of aryl methyl sites for hydroxylation is 2. The van der Waals surface area contributed by atoms with E-state index in [-0.39, 0.29) is 30.2 Å². The highest BCUT2D eigenvalue weighted by Gasteiger charge is 2.43. The van der Waals surface area contributed by atoms with Crippen molar-refractivity contribution in [3.8, 4) is 0 Å². The number of aromatic nitrogens is 2. The van der Waals surface area contributed by atoms with Gasteiger partial charge in [-0.3, -0.25) is 10.1 Å². The Labute approximate surface area is 113 Å². The Hall–Kier alpha value is -1.80. The molecule has 1 aliphatic rings. The van der Waals surface area contributed by atoms with Gasteiger partial charge in [-0.05, 0) is 19.8 Å². The molecule has 0 spiro atoms. The summed E-state index contributed by atoms with van der Waals surface area (Å²) in [5.74, 6) is -1.30. The van der Waals surface area contributed by atoms with Crippen LogP contribution < -0.4 is 4.90 Å². The molecule has 1 saturated heterocycles. The standard InChI is InChI=1S/C11H15F3N4O2/c1-7-9(18(19)20)10(16(2)15-7)17-5-3-4-8(6-17)11(12,13)14/h8H,3-6H2,1-2H3. The summed E-state index contributed by atoms with van der Waals surface area (Å²) in [7, 11) is 1.51. The Morgan fingerprint density at radius 1 is 1.45 bits per heavy atom. The minimum Gasteiger partial charge on any atom is -0.350 e. The average molecular weight is 292 g/mol. The van der Waals surface area contributed by atoms with E-state index in [9.17, 15) is 23.3 Å². The van der Waals surface area contributed by atoms with Crippen molar-refractivity contribution in [2.75, 3.05) is 18.0 Å². The van der Waals surface area contributed by atoms with Gasteiger partial charge >= 0.3 is 11.9 Å². The van der Waals surface area contributed by atoms with E-state index in [0.717, 1.165) is 0 Å². The molecule has 0 bridgehead atoms. The van der Waals surface area contributed by atoms with Gasteiger partial charge < -0.3 is 4.90 Å². The van der Waals surface area contributed by atoms with Crippen LogP contribution in [0.3, 0.4) is 0 Å². The summed E-state index contributed by atoms with van der Waals surface area (Å²) >= 11 is 0. The zero-order valence-electron chi connectivity index (χ0n) is 11.1. The molecule has 2 heterocycles. The van der Waals surface area contributed by atoms with Gasteiger partial charge in [0.2, 0.25) is 5.82 Å². The van der Waals surface area contributed by atoms with Gasteiger partial charge in [0.25, 0.3) is 0 Å². The molecule has 1 atom stereocenters. The molecule has 9 heteroatoms. The van der Waals surface area contributed by atoms with Gasteiger partial charge in [-0.2, -0.15) is 18.3 Å². The molecule has 1 aliphatic heterocycles. The molecule has 1 aromatic heterocycles. The molecule has 0 saturated carbocycles. The first kappa shape index (κ1) is 14.6. The zero-order valence-corrected chi connectivity index (χ0v) is 11.1. The maximum Gasteiger partial charge on any atom is 0.393 e. The summed E-state index contributed by atoms with van der Waals surface area (Å²) in [5, 5.41) is 15.0. The molecule has 1 fully saturated rings. The second kappa shape index (κ2) is 4.95. The van der Waals surface area contributed by atoms with Gasteiger partial charge in [-0.15, -0.1) is 0 Å². The average Bonchev–Trinajstić information content (AvgIpc) is 2.63. The largest absolute Gasteiger partial charge is 0.393 e. The van der Waals surface area contributed by atoms with E-state index in [2.05, 4.69) is 5.10 Å². The maximum absolute atomic E-state index is 12.8. The summed E-state index contributed by atoms with van der Waals surface area (Å²) in [5.41, 5.74) is -0.00282. The smallest absolute Gasteiger partial charge is 0.350 e. The summed E-state index contributed by atoms with van der Waals surface area (Å²) in [6.45, 7) is 1.59. The van der Waals surface area contributed by atoms with Crippen LogP contribution >= 0.6 is 0 Å². The maximum atomic E-state index is 12.8. The van der Waals surface area contributed by atoms with Gasteiger partial charge in [0.05, 0.1) is 10.8 Å². The van der Waals surface area contributed by atoms with Crippen LogP contribution in [-0.2, 0) is 7.05 Å². The molecule has 1 aromatic rings. The molecule has 20 heavy (non-hydrogen) atoms. The molecular weight excluding hydrogens is 277 g/mol. The van der Waals surface area contributed by atoms with E-state index in [0.29, 0.717) is 13.0 Å². The van der Waals surface area contributed by atoms with Crippen molar-refractivity contribution in [3.63, 3.8) is 0 Å². The third-order valence-electron chi connectivity index (χ3n) is 3.53. The summed E-state index contributed by atoms with van der Waals surface area (Å²) in [4.78, 5) is 11.9. The van der Waals surface area contributed by atoms with Crippen LogP contribution in [0.1, 0.15) is 18.5 Å². The number of halogens is 3. The Kier molecular flexibility index (Phi) is 3.61. The number of nitro groups is 1. The van der Waals surface area contributed by atoms with Crippen molar-refractivity contribution in [2.45, 2.75) is 25.9 Å². The molecule has 2 rings (SSSR count). The SMILES string of the molecule is Cc1nn(C)c(N2CCCC(C(F)(F)F)C2)c1[N+](=O)[O-]. The molecular formula is C11H15F3N4O2. The van der Waals surface area contributed by atoms with Crippen molar-refractivity contribution in [1.82, 2.24) is 9.78 Å². The first-order valence-electron chi connectivity index (χ1n) is 6.21. The Balaban J connectivity index is 2.34. The topological polar surface area (TPSA) is 64.2 Å². The number of rotatable bonds is 2. The first-order valence-corrected chi connectivity index (χ1v) is 6.21. The highest BCUT2D eigenvalue weighted by molar-refractivity contribution is 5.61. The van der Waals surface area contributed by atoms with Crippen LogP contribution in [-0.4, -0.2) is 34.0 Å². The second-order valence-electron chi connectivity index (χ2n) is 4.97. The van der Waals surface area contributed by atoms with Crippen LogP contribution in [0.2, 0.25) is 0 Å². The van der Waals surface area contributed by atoms with Crippen molar-refractivity contribution in [1.29, 1.82) is 0 Å². The van der Waals surface area contributed by atoms with E-state index in [4.69, 9.17) is 0 Å². The molecule has 0 amide bonds. The fourth-order valence-electron chi connectivity index (χ4n) is 2.64.